The molecule has 1 saturated carbocycles. The van der Waals surface area contributed by atoms with Crippen LogP contribution in [0.4, 0.5) is 6.01 Å². The molecule has 0 saturated heterocycles. The Hall–Kier alpha value is -2.22. The Morgan fingerprint density at radius 3 is 2.38 bits per heavy atom. The van der Waals surface area contributed by atoms with Crippen LogP contribution in [0.15, 0.2) is 33.6 Å². The number of amides is 1. The molecule has 0 aliphatic heterocycles. The van der Waals surface area contributed by atoms with Crippen LogP contribution in [-0.2, 0) is 9.84 Å². The predicted molar refractivity (Wildman–Crippen MR) is 96.8 cm³/mol. The summed E-state index contributed by atoms with van der Waals surface area (Å²) in [4.78, 5) is 12.5. The highest BCUT2D eigenvalue weighted by Crippen LogP contribution is 2.32. The van der Waals surface area contributed by atoms with Crippen molar-refractivity contribution in [2.75, 3.05) is 5.32 Å². The van der Waals surface area contributed by atoms with Crippen LogP contribution in [0.5, 0.6) is 0 Å². The van der Waals surface area contributed by atoms with Crippen LogP contribution < -0.4 is 5.32 Å². The van der Waals surface area contributed by atoms with E-state index in [1.165, 1.54) is 30.7 Å². The highest BCUT2D eigenvalue weighted by Gasteiger charge is 2.22. The van der Waals surface area contributed by atoms with E-state index in [9.17, 15) is 13.2 Å². The fourth-order valence-corrected chi connectivity index (χ4v) is 4.10. The molecule has 0 spiro atoms. The molecule has 1 aromatic heterocycles. The minimum Gasteiger partial charge on any atom is -0.408 e. The van der Waals surface area contributed by atoms with Crippen molar-refractivity contribution in [2.24, 2.45) is 0 Å². The van der Waals surface area contributed by atoms with Crippen LogP contribution >= 0.6 is 0 Å². The number of sulfone groups is 1. The average Bonchev–Trinajstić information content (AvgIpc) is 3.11. The van der Waals surface area contributed by atoms with Gasteiger partial charge in [-0.1, -0.05) is 24.4 Å². The Morgan fingerprint density at radius 2 is 1.77 bits per heavy atom. The number of carbonyl (C=O) groups excluding carboxylic acids is 1. The van der Waals surface area contributed by atoms with Gasteiger partial charge in [0.2, 0.25) is 5.89 Å². The van der Waals surface area contributed by atoms with Gasteiger partial charge < -0.3 is 4.42 Å². The number of nitrogens with one attached hydrogen (secondary N) is 1. The fraction of sp³-hybridized carbons (Fsp3) is 0.500. The first-order valence-corrected chi connectivity index (χ1v) is 10.4. The molecule has 0 radical (unpaired) electrons. The number of hydrogen-bond acceptors (Lipinski definition) is 6. The molecule has 26 heavy (non-hydrogen) atoms. The molecule has 1 N–H and O–H groups in total. The monoisotopic (exact) mass is 377 g/mol. The molecule has 7 nitrogen and oxygen atoms in total. The molecule has 1 aliphatic rings. The molecule has 2 aromatic rings. The summed E-state index contributed by atoms with van der Waals surface area (Å²) in [7, 11) is -3.36. The minimum absolute atomic E-state index is 0.0643. The molecule has 140 valence electrons. The van der Waals surface area contributed by atoms with E-state index in [1.807, 2.05) is 0 Å². The lowest BCUT2D eigenvalue weighted by molar-refractivity contribution is 0.102. The highest BCUT2D eigenvalue weighted by atomic mass is 32.2. The third kappa shape index (κ3) is 3.95. The van der Waals surface area contributed by atoms with Crippen molar-refractivity contribution in [1.82, 2.24) is 10.2 Å². The van der Waals surface area contributed by atoms with Gasteiger partial charge in [-0.15, -0.1) is 5.10 Å². The van der Waals surface area contributed by atoms with Gasteiger partial charge in [0.1, 0.15) is 0 Å². The normalized spacial score (nSPS) is 16.0. The fourth-order valence-electron chi connectivity index (χ4n) is 3.04. The van der Waals surface area contributed by atoms with E-state index in [0.29, 0.717) is 11.5 Å². The van der Waals surface area contributed by atoms with E-state index in [0.717, 1.165) is 25.7 Å². The number of carbonyl (C=O) groups is 1. The number of rotatable bonds is 5. The van der Waals surface area contributed by atoms with Crippen molar-refractivity contribution < 1.29 is 17.6 Å². The first-order chi connectivity index (χ1) is 12.4. The molecule has 1 aliphatic carbocycles. The second kappa shape index (κ2) is 7.57. The van der Waals surface area contributed by atoms with Crippen LogP contribution in [-0.4, -0.2) is 29.8 Å². The maximum absolute atomic E-state index is 12.3. The van der Waals surface area contributed by atoms with E-state index in [1.54, 1.807) is 13.8 Å². The summed E-state index contributed by atoms with van der Waals surface area (Å²) in [6, 6.07) is 5.89. The molecule has 1 fully saturated rings. The zero-order valence-electron chi connectivity index (χ0n) is 14.9. The molecule has 1 aromatic carbocycles. The summed E-state index contributed by atoms with van der Waals surface area (Å²) in [5.41, 5.74) is 0.324. The number of nitrogens with zero attached hydrogens (tertiary/aromatic N) is 2. The second-order valence-corrected chi connectivity index (χ2v) is 9.36. The van der Waals surface area contributed by atoms with E-state index < -0.39 is 21.0 Å². The van der Waals surface area contributed by atoms with Crippen molar-refractivity contribution in [2.45, 2.75) is 62.0 Å². The summed E-state index contributed by atoms with van der Waals surface area (Å²) in [6.45, 7) is 3.24. The van der Waals surface area contributed by atoms with Crippen LogP contribution in [0.25, 0.3) is 0 Å². The van der Waals surface area contributed by atoms with E-state index >= 15 is 0 Å². The lowest BCUT2D eigenvalue weighted by Gasteiger charge is -2.17. The SMILES string of the molecule is CC(C)S(=O)(=O)c1ccc(C(=O)Nc2nnc(C3CCCCC3)o2)cc1. The third-order valence-corrected chi connectivity index (χ3v) is 6.85. The van der Waals surface area contributed by atoms with Gasteiger partial charge in [-0.25, -0.2) is 8.42 Å². The van der Waals surface area contributed by atoms with Gasteiger partial charge in [-0.2, -0.15) is 0 Å². The largest absolute Gasteiger partial charge is 0.408 e. The van der Waals surface area contributed by atoms with Crippen molar-refractivity contribution in [3.63, 3.8) is 0 Å². The second-order valence-electron chi connectivity index (χ2n) is 6.85. The van der Waals surface area contributed by atoms with Gasteiger partial charge in [0, 0.05) is 11.5 Å². The van der Waals surface area contributed by atoms with Crippen molar-refractivity contribution in [1.29, 1.82) is 0 Å². The summed E-state index contributed by atoms with van der Waals surface area (Å²) in [5.74, 6) is 0.415. The molecular weight excluding hydrogens is 354 g/mol. The van der Waals surface area contributed by atoms with Crippen molar-refractivity contribution in [3.05, 3.63) is 35.7 Å². The minimum atomic E-state index is -3.36. The maximum Gasteiger partial charge on any atom is 0.322 e. The molecule has 0 bridgehead atoms. The zero-order chi connectivity index (χ0) is 18.7. The number of benzene rings is 1. The molecule has 3 rings (SSSR count). The van der Waals surface area contributed by atoms with Gasteiger partial charge in [0.05, 0.1) is 10.1 Å². The quantitative estimate of drug-likeness (QED) is 0.855. The number of hydrogen-bond donors (Lipinski definition) is 1. The van der Waals surface area contributed by atoms with Crippen molar-refractivity contribution in [3.8, 4) is 0 Å². The molecule has 1 heterocycles. The Bertz CT molecular complexity index is 866. The van der Waals surface area contributed by atoms with Gasteiger partial charge in [-0.3, -0.25) is 10.1 Å². The zero-order valence-corrected chi connectivity index (χ0v) is 15.8. The van der Waals surface area contributed by atoms with Gasteiger partial charge in [-0.05, 0) is 51.0 Å². The number of aromatic nitrogens is 2. The maximum atomic E-state index is 12.3. The van der Waals surface area contributed by atoms with Gasteiger partial charge >= 0.3 is 6.01 Å². The van der Waals surface area contributed by atoms with E-state index in [4.69, 9.17) is 4.42 Å². The predicted octanol–water partition coefficient (Wildman–Crippen LogP) is 3.55. The molecule has 0 unspecified atom stereocenters. The Kier molecular flexibility index (Phi) is 5.41. The molecule has 8 heteroatoms. The number of anilines is 1. The van der Waals surface area contributed by atoms with Crippen LogP contribution in [0, 0.1) is 0 Å². The first-order valence-electron chi connectivity index (χ1n) is 8.86. The van der Waals surface area contributed by atoms with Crippen LogP contribution in [0.1, 0.15) is 68.1 Å². The molecule has 1 amide bonds. The lowest BCUT2D eigenvalue weighted by Crippen LogP contribution is -2.15. The van der Waals surface area contributed by atoms with Gasteiger partial charge in [0.15, 0.2) is 9.84 Å². The Labute approximate surface area is 153 Å². The third-order valence-electron chi connectivity index (χ3n) is 4.68. The van der Waals surface area contributed by atoms with Crippen LogP contribution in [0.3, 0.4) is 0 Å². The Morgan fingerprint density at radius 1 is 1.12 bits per heavy atom. The van der Waals surface area contributed by atoms with Gasteiger partial charge in [0.25, 0.3) is 5.91 Å². The summed E-state index contributed by atoms with van der Waals surface area (Å²) >= 11 is 0. The smallest absolute Gasteiger partial charge is 0.322 e. The summed E-state index contributed by atoms with van der Waals surface area (Å²) in [6.07, 6.45) is 5.60. The first kappa shape index (κ1) is 18.6. The molecular formula is C18H23N3O4S. The lowest BCUT2D eigenvalue weighted by atomic mass is 9.89. The highest BCUT2D eigenvalue weighted by molar-refractivity contribution is 7.92. The standard InChI is InChI=1S/C18H23N3O4S/c1-12(2)26(23,24)15-10-8-13(9-11-15)16(22)19-18-21-20-17(25-18)14-6-4-3-5-7-14/h8-12,14H,3-7H2,1-2H3,(H,19,21,22). The summed E-state index contributed by atoms with van der Waals surface area (Å²) in [5, 5.41) is 9.99. The van der Waals surface area contributed by atoms with Crippen molar-refractivity contribution >= 4 is 21.8 Å². The topological polar surface area (TPSA) is 102 Å². The average molecular weight is 377 g/mol. The Balaban J connectivity index is 1.68. The van der Waals surface area contributed by atoms with E-state index in [2.05, 4.69) is 15.5 Å². The summed E-state index contributed by atoms with van der Waals surface area (Å²) < 4.78 is 29.8. The molecule has 0 atom stereocenters. The van der Waals surface area contributed by atoms with E-state index in [-0.39, 0.29) is 16.8 Å². The van der Waals surface area contributed by atoms with Crippen LogP contribution in [0.2, 0.25) is 0 Å².